The van der Waals surface area contributed by atoms with Crippen molar-refractivity contribution >= 4 is 11.9 Å². The summed E-state index contributed by atoms with van der Waals surface area (Å²) in [6.07, 6.45) is -5.42. The third-order valence-corrected chi connectivity index (χ3v) is 11.9. The predicted octanol–water partition coefficient (Wildman–Crippen LogP) is 0.463. The molecule has 4 saturated carbocycles. The zero-order valence-corrected chi connectivity index (χ0v) is 26.1. The van der Waals surface area contributed by atoms with Crippen molar-refractivity contribution in [1.82, 2.24) is 4.90 Å². The summed E-state index contributed by atoms with van der Waals surface area (Å²) in [6, 6.07) is 7.96. The molecule has 0 radical (unpaired) electrons. The van der Waals surface area contributed by atoms with E-state index in [1.807, 2.05) is 7.05 Å². The number of aliphatic hydroxyl groups excluding tert-OH is 3. The number of carbonyl (C=O) groups excluding carboxylic acids is 2. The molecule has 2 unspecified atom stereocenters. The number of hydrogen-bond acceptors (Lipinski definition) is 12. The van der Waals surface area contributed by atoms with Crippen LogP contribution in [0.15, 0.2) is 30.3 Å². The maximum atomic E-state index is 13.3. The molecule has 12 heteroatoms. The van der Waals surface area contributed by atoms with Crippen molar-refractivity contribution in [2.75, 3.05) is 48.6 Å². The number of nitrogens with zero attached hydrogens (tertiary/aromatic N) is 1. The summed E-state index contributed by atoms with van der Waals surface area (Å²) in [5, 5.41) is 36.1. The number of likely N-dealkylation sites (tertiary alicyclic amines) is 1. The van der Waals surface area contributed by atoms with E-state index >= 15 is 0 Å². The Kier molecular flexibility index (Phi) is 8.15. The van der Waals surface area contributed by atoms with Crippen LogP contribution in [-0.4, -0.2) is 129 Å². The number of benzene rings is 1. The quantitative estimate of drug-likeness (QED) is 0.260. The van der Waals surface area contributed by atoms with Gasteiger partial charge >= 0.3 is 11.9 Å². The van der Waals surface area contributed by atoms with Gasteiger partial charge in [-0.05, 0) is 31.5 Å². The molecule has 6 rings (SSSR count). The summed E-state index contributed by atoms with van der Waals surface area (Å²) in [5.74, 6) is -4.20. The van der Waals surface area contributed by atoms with Gasteiger partial charge in [0.2, 0.25) is 6.29 Å². The maximum absolute atomic E-state index is 13.3. The molecule has 14 atom stereocenters. The molecule has 1 heterocycles. The van der Waals surface area contributed by atoms with E-state index in [0.717, 1.165) is 0 Å². The molecule has 12 nitrogen and oxygen atoms in total. The molecule has 0 aromatic heterocycles. The molecule has 3 N–H and O–H groups in total. The van der Waals surface area contributed by atoms with Crippen LogP contribution in [0, 0.1) is 34.5 Å². The summed E-state index contributed by atoms with van der Waals surface area (Å²) in [4.78, 5) is 28.5. The molecule has 1 aromatic rings. The normalized spacial score (nSPS) is 46.3. The Bertz CT molecular complexity index is 1250. The third-order valence-electron chi connectivity index (χ3n) is 11.9. The molecule has 1 aliphatic heterocycles. The van der Waals surface area contributed by atoms with Gasteiger partial charge in [-0.25, -0.2) is 4.79 Å². The summed E-state index contributed by atoms with van der Waals surface area (Å²) >= 11 is 0. The van der Waals surface area contributed by atoms with E-state index in [2.05, 4.69) is 4.90 Å². The van der Waals surface area contributed by atoms with E-state index in [1.54, 1.807) is 51.7 Å². The SMILES string of the molecule is COC[C@]12CN(C)C3[C@@H]4[C@H](OC)[C@H]1[C@@]3([C@@H](OC)C[C@H]2O)[C@@H]1C[C@@H](OC)[C@H](O)[C@@]4(OC(C)=O)[C@H]1C(O)OC(=O)c1ccccc1. The largest absolute Gasteiger partial charge is 0.455 e. The van der Waals surface area contributed by atoms with Crippen molar-refractivity contribution in [3.05, 3.63) is 35.9 Å². The third kappa shape index (κ3) is 3.92. The average Bonchev–Trinajstić information content (AvgIpc) is 3.22. The second kappa shape index (κ2) is 11.3. The minimum atomic E-state index is -1.79. The Labute approximate surface area is 257 Å². The van der Waals surface area contributed by atoms with Gasteiger partial charge in [-0.2, -0.15) is 0 Å². The Balaban J connectivity index is 1.62. The summed E-state index contributed by atoms with van der Waals surface area (Å²) in [7, 11) is 8.24. The van der Waals surface area contributed by atoms with Crippen LogP contribution in [-0.2, 0) is 33.2 Å². The molecular formula is C32H45NO11. The lowest BCUT2D eigenvalue weighted by Crippen LogP contribution is -2.82. The maximum Gasteiger partial charge on any atom is 0.340 e. The Morgan fingerprint density at radius 2 is 1.75 bits per heavy atom. The molecule has 1 aromatic carbocycles. The van der Waals surface area contributed by atoms with E-state index in [0.29, 0.717) is 13.0 Å². The van der Waals surface area contributed by atoms with Gasteiger partial charge in [-0.15, -0.1) is 0 Å². The van der Waals surface area contributed by atoms with E-state index in [1.165, 1.54) is 14.0 Å². The fourth-order valence-corrected chi connectivity index (χ4v) is 11.1. The van der Waals surface area contributed by atoms with Crippen LogP contribution in [0.2, 0.25) is 0 Å². The predicted molar refractivity (Wildman–Crippen MR) is 153 cm³/mol. The monoisotopic (exact) mass is 619 g/mol. The van der Waals surface area contributed by atoms with Crippen LogP contribution in [0.4, 0.5) is 0 Å². The van der Waals surface area contributed by atoms with Crippen LogP contribution < -0.4 is 0 Å². The van der Waals surface area contributed by atoms with Gasteiger partial charge in [0.15, 0.2) is 5.60 Å². The highest BCUT2D eigenvalue weighted by Crippen LogP contribution is 2.78. The fourth-order valence-electron chi connectivity index (χ4n) is 11.1. The van der Waals surface area contributed by atoms with Crippen LogP contribution in [0.3, 0.4) is 0 Å². The van der Waals surface area contributed by atoms with Crippen molar-refractivity contribution < 1.29 is 53.3 Å². The second-order valence-corrected chi connectivity index (χ2v) is 13.4. The first kappa shape index (κ1) is 31.8. The van der Waals surface area contributed by atoms with Gasteiger partial charge in [0, 0.05) is 77.0 Å². The molecule has 5 fully saturated rings. The highest BCUT2D eigenvalue weighted by atomic mass is 16.6. The molecule has 5 aliphatic rings. The zero-order valence-electron chi connectivity index (χ0n) is 26.1. The highest BCUT2D eigenvalue weighted by molar-refractivity contribution is 5.89. The number of carbonyl (C=O) groups is 2. The number of piperidine rings is 1. The van der Waals surface area contributed by atoms with Crippen LogP contribution >= 0.6 is 0 Å². The fraction of sp³-hybridized carbons (Fsp3) is 0.750. The lowest BCUT2D eigenvalue weighted by molar-refractivity contribution is -0.347. The molecule has 1 spiro atoms. The molecule has 7 bridgehead atoms. The van der Waals surface area contributed by atoms with E-state index in [9.17, 15) is 24.9 Å². The Morgan fingerprint density at radius 3 is 2.34 bits per heavy atom. The van der Waals surface area contributed by atoms with Crippen LogP contribution in [0.25, 0.3) is 0 Å². The Morgan fingerprint density at radius 1 is 1.05 bits per heavy atom. The first-order valence-corrected chi connectivity index (χ1v) is 15.3. The van der Waals surface area contributed by atoms with Gasteiger partial charge in [0.1, 0.15) is 6.10 Å². The van der Waals surface area contributed by atoms with Crippen molar-refractivity contribution in [3.8, 4) is 0 Å². The van der Waals surface area contributed by atoms with Crippen molar-refractivity contribution in [2.24, 2.45) is 34.5 Å². The molecule has 4 aliphatic carbocycles. The van der Waals surface area contributed by atoms with Crippen molar-refractivity contribution in [1.29, 1.82) is 0 Å². The van der Waals surface area contributed by atoms with Crippen LogP contribution in [0.1, 0.15) is 30.1 Å². The van der Waals surface area contributed by atoms with Crippen molar-refractivity contribution in [3.63, 3.8) is 0 Å². The molecule has 1 saturated heterocycles. The number of esters is 2. The zero-order chi connectivity index (χ0) is 31.8. The van der Waals surface area contributed by atoms with E-state index in [4.69, 9.17) is 28.4 Å². The van der Waals surface area contributed by atoms with Crippen LogP contribution in [0.5, 0.6) is 0 Å². The topological polar surface area (TPSA) is 153 Å². The van der Waals surface area contributed by atoms with Gasteiger partial charge < -0.3 is 48.6 Å². The van der Waals surface area contributed by atoms with Gasteiger partial charge in [0.25, 0.3) is 0 Å². The molecule has 0 amide bonds. The first-order chi connectivity index (χ1) is 21.0. The summed E-state index contributed by atoms with van der Waals surface area (Å²) in [6.45, 7) is 1.95. The number of methoxy groups -OCH3 is 4. The van der Waals surface area contributed by atoms with Gasteiger partial charge in [0.05, 0.1) is 42.5 Å². The van der Waals surface area contributed by atoms with Gasteiger partial charge in [-0.1, -0.05) is 18.2 Å². The standard InChI is InChI=1S/C32H45NO11/c1-16(34)44-32-22(29(38)43-28(37)17-10-8-7-9-11-17)18(12-19(40-4)27(32)36)31-21(41-5)13-20(35)30(15-39-3)14-33(2)26(31)23(32)24(42-6)25(30)31/h7-11,18-27,29,35-36,38H,12-15H2,1-6H3/t18-,19-,20-,21+,22-,23+,24+,25-,26?,27+,29?,30+,31+,32-/m1/s1. The lowest BCUT2D eigenvalue weighted by Gasteiger charge is -2.72. The number of hydrogen-bond donors (Lipinski definition) is 3. The van der Waals surface area contributed by atoms with Gasteiger partial charge in [-0.3, -0.25) is 4.79 Å². The smallest absolute Gasteiger partial charge is 0.340 e. The summed E-state index contributed by atoms with van der Waals surface area (Å²) in [5.41, 5.74) is -3.17. The minimum absolute atomic E-state index is 0.223. The highest BCUT2D eigenvalue weighted by Gasteiger charge is 2.88. The number of rotatable bonds is 9. The number of fused-ring (bicyclic) bond motifs is 3. The average molecular weight is 620 g/mol. The minimum Gasteiger partial charge on any atom is -0.455 e. The molecule has 244 valence electrons. The lowest BCUT2D eigenvalue weighted by atomic mass is 9.39. The number of ether oxygens (including phenoxy) is 6. The molecule has 44 heavy (non-hydrogen) atoms. The first-order valence-electron chi connectivity index (χ1n) is 15.3. The van der Waals surface area contributed by atoms with E-state index < -0.39 is 88.9 Å². The Hall–Kier alpha value is -2.16. The van der Waals surface area contributed by atoms with E-state index in [-0.39, 0.29) is 24.6 Å². The molecular weight excluding hydrogens is 574 g/mol. The summed E-state index contributed by atoms with van der Waals surface area (Å²) < 4.78 is 36.4. The van der Waals surface area contributed by atoms with Crippen molar-refractivity contribution in [2.45, 2.75) is 68.2 Å². The number of aliphatic hydroxyl groups is 3. The second-order valence-electron chi connectivity index (χ2n) is 13.4.